The van der Waals surface area contributed by atoms with Crippen LogP contribution < -0.4 is 5.32 Å². The third kappa shape index (κ3) is 3.18. The molecule has 1 aromatic carbocycles. The van der Waals surface area contributed by atoms with E-state index in [0.29, 0.717) is 6.54 Å². The normalized spacial score (nSPS) is 22.0. The molecule has 1 fully saturated rings. The molecule has 5 nitrogen and oxygen atoms in total. The first-order valence-electron chi connectivity index (χ1n) is 8.85. The van der Waals surface area contributed by atoms with Crippen LogP contribution in [-0.4, -0.2) is 40.0 Å². The lowest BCUT2D eigenvalue weighted by molar-refractivity contribution is -0.133. The Hall–Kier alpha value is -1.88. The zero-order valence-electron chi connectivity index (χ0n) is 15.2. The number of hydrogen-bond acceptors (Lipinski definition) is 3. The van der Waals surface area contributed by atoms with Gasteiger partial charge in [-0.15, -0.1) is 0 Å². The number of likely N-dealkylation sites (tertiary alicyclic amines) is 1. The Morgan fingerprint density at radius 2 is 2.21 bits per heavy atom. The van der Waals surface area contributed by atoms with Crippen molar-refractivity contribution in [1.29, 1.82) is 0 Å². The third-order valence-electron chi connectivity index (χ3n) is 5.39. The molecule has 3 rings (SSSR count). The lowest BCUT2D eigenvalue weighted by Crippen LogP contribution is -2.50. The molecule has 1 amide bonds. The second kappa shape index (κ2) is 6.55. The second-order valence-electron chi connectivity index (χ2n) is 7.26. The topological polar surface area (TPSA) is 50.2 Å². The summed E-state index contributed by atoms with van der Waals surface area (Å²) in [5.41, 5.74) is 2.93. The van der Waals surface area contributed by atoms with Crippen molar-refractivity contribution in [3.8, 4) is 0 Å². The first-order chi connectivity index (χ1) is 11.4. The highest BCUT2D eigenvalue weighted by Crippen LogP contribution is 2.29. The Morgan fingerprint density at radius 1 is 1.42 bits per heavy atom. The number of carbonyl (C=O) groups excluding carboxylic acids is 1. The van der Waals surface area contributed by atoms with E-state index in [9.17, 15) is 4.79 Å². The van der Waals surface area contributed by atoms with Gasteiger partial charge in [-0.3, -0.25) is 4.79 Å². The van der Waals surface area contributed by atoms with E-state index in [1.807, 2.05) is 14.0 Å². The molecule has 24 heavy (non-hydrogen) atoms. The minimum Gasteiger partial charge on any atom is -0.352 e. The van der Waals surface area contributed by atoms with Crippen LogP contribution in [0.25, 0.3) is 11.0 Å². The van der Waals surface area contributed by atoms with Gasteiger partial charge in [-0.2, -0.15) is 0 Å². The standard InChI is InChI=1S/C19H28N4O/c1-5-23-10-6-9-19(3,13-23)18(24)20-12-15-7-8-17-16(11-15)21-14(2)22(17)4/h7-8,11H,5-6,9-10,12-13H2,1-4H3,(H,20,24)/t19-/m1/s1. The molecule has 0 aliphatic carbocycles. The van der Waals surface area contributed by atoms with E-state index >= 15 is 0 Å². The fourth-order valence-corrected chi connectivity index (χ4v) is 3.67. The number of carbonyl (C=O) groups is 1. The number of nitrogens with one attached hydrogen (secondary N) is 1. The van der Waals surface area contributed by atoms with E-state index in [-0.39, 0.29) is 11.3 Å². The molecule has 2 heterocycles. The Bertz CT molecular complexity index is 751. The maximum absolute atomic E-state index is 12.7. The van der Waals surface area contributed by atoms with Crippen LogP contribution in [0.5, 0.6) is 0 Å². The number of amides is 1. The largest absolute Gasteiger partial charge is 0.352 e. The zero-order valence-corrected chi connectivity index (χ0v) is 15.2. The van der Waals surface area contributed by atoms with E-state index in [2.05, 4.69) is 51.8 Å². The zero-order chi connectivity index (χ0) is 17.3. The summed E-state index contributed by atoms with van der Waals surface area (Å²) >= 11 is 0. The van der Waals surface area contributed by atoms with Crippen molar-refractivity contribution >= 4 is 16.9 Å². The Balaban J connectivity index is 1.67. The summed E-state index contributed by atoms with van der Waals surface area (Å²) in [6.45, 7) is 9.79. The maximum Gasteiger partial charge on any atom is 0.227 e. The van der Waals surface area contributed by atoms with Crippen molar-refractivity contribution in [2.75, 3.05) is 19.6 Å². The molecule has 1 aromatic heterocycles. The van der Waals surface area contributed by atoms with Crippen LogP contribution in [0.15, 0.2) is 18.2 Å². The molecule has 2 aromatic rings. The minimum atomic E-state index is -0.278. The van der Waals surface area contributed by atoms with E-state index in [4.69, 9.17) is 0 Å². The monoisotopic (exact) mass is 328 g/mol. The molecule has 130 valence electrons. The lowest BCUT2D eigenvalue weighted by Gasteiger charge is -2.38. The number of imidazole rings is 1. The van der Waals surface area contributed by atoms with Gasteiger partial charge in [0.1, 0.15) is 5.82 Å². The Kier molecular flexibility index (Phi) is 4.63. The van der Waals surface area contributed by atoms with Crippen molar-refractivity contribution in [3.63, 3.8) is 0 Å². The summed E-state index contributed by atoms with van der Waals surface area (Å²) < 4.78 is 2.08. The van der Waals surface area contributed by atoms with Crippen LogP contribution in [-0.2, 0) is 18.4 Å². The first-order valence-corrected chi connectivity index (χ1v) is 8.85. The fourth-order valence-electron chi connectivity index (χ4n) is 3.67. The van der Waals surface area contributed by atoms with Gasteiger partial charge in [-0.05, 0) is 57.5 Å². The number of rotatable bonds is 4. The van der Waals surface area contributed by atoms with Crippen molar-refractivity contribution in [2.24, 2.45) is 12.5 Å². The highest BCUT2D eigenvalue weighted by Gasteiger charge is 2.37. The molecule has 0 radical (unpaired) electrons. The van der Waals surface area contributed by atoms with Gasteiger partial charge in [0.25, 0.3) is 0 Å². The summed E-state index contributed by atoms with van der Waals surface area (Å²) in [4.78, 5) is 19.7. The van der Waals surface area contributed by atoms with Gasteiger partial charge in [-0.25, -0.2) is 4.98 Å². The molecule has 5 heteroatoms. The molecular formula is C19H28N4O. The molecule has 0 saturated carbocycles. The number of hydrogen-bond donors (Lipinski definition) is 1. The average Bonchev–Trinajstić information content (AvgIpc) is 2.86. The molecule has 1 aliphatic heterocycles. The molecule has 0 bridgehead atoms. The van der Waals surface area contributed by atoms with Crippen molar-refractivity contribution in [3.05, 3.63) is 29.6 Å². The summed E-state index contributed by atoms with van der Waals surface area (Å²) in [7, 11) is 2.02. The van der Waals surface area contributed by atoms with Crippen LogP contribution >= 0.6 is 0 Å². The molecule has 1 N–H and O–H groups in total. The van der Waals surface area contributed by atoms with Crippen LogP contribution in [0, 0.1) is 12.3 Å². The van der Waals surface area contributed by atoms with E-state index in [1.54, 1.807) is 0 Å². The number of piperidine rings is 1. The maximum atomic E-state index is 12.7. The van der Waals surface area contributed by atoms with Gasteiger partial charge in [0.05, 0.1) is 16.4 Å². The SMILES string of the molecule is CCN1CCC[C@@](C)(C(=O)NCc2ccc3c(c2)nc(C)n3C)C1. The Labute approximate surface area is 144 Å². The van der Waals surface area contributed by atoms with Gasteiger partial charge in [0, 0.05) is 20.1 Å². The molecule has 0 spiro atoms. The summed E-state index contributed by atoms with van der Waals surface area (Å²) in [5.74, 6) is 1.17. The predicted molar refractivity (Wildman–Crippen MR) is 96.8 cm³/mol. The quantitative estimate of drug-likeness (QED) is 0.938. The smallest absolute Gasteiger partial charge is 0.227 e. The number of fused-ring (bicyclic) bond motifs is 1. The van der Waals surface area contributed by atoms with E-state index in [1.165, 1.54) is 0 Å². The molecule has 1 atom stereocenters. The van der Waals surface area contributed by atoms with E-state index in [0.717, 1.165) is 54.9 Å². The fraction of sp³-hybridized carbons (Fsp3) is 0.579. The molecule has 0 unspecified atom stereocenters. The van der Waals surface area contributed by atoms with Gasteiger partial charge >= 0.3 is 0 Å². The minimum absolute atomic E-state index is 0.165. The highest BCUT2D eigenvalue weighted by atomic mass is 16.2. The van der Waals surface area contributed by atoms with Crippen molar-refractivity contribution in [1.82, 2.24) is 19.8 Å². The van der Waals surface area contributed by atoms with Crippen LogP contribution in [0.4, 0.5) is 0 Å². The number of benzene rings is 1. The first kappa shape index (κ1) is 17.0. The lowest BCUT2D eigenvalue weighted by atomic mass is 9.81. The molecule has 1 aliphatic rings. The average molecular weight is 328 g/mol. The summed E-state index contributed by atoms with van der Waals surface area (Å²) in [6.07, 6.45) is 2.06. The number of aryl methyl sites for hydroxylation is 2. The van der Waals surface area contributed by atoms with Crippen LogP contribution in [0.2, 0.25) is 0 Å². The van der Waals surface area contributed by atoms with E-state index < -0.39 is 0 Å². The number of nitrogens with zero attached hydrogens (tertiary/aromatic N) is 3. The molecular weight excluding hydrogens is 300 g/mol. The van der Waals surface area contributed by atoms with Gasteiger partial charge in [0.15, 0.2) is 0 Å². The van der Waals surface area contributed by atoms with Crippen molar-refractivity contribution in [2.45, 2.75) is 40.2 Å². The Morgan fingerprint density at radius 3 is 2.96 bits per heavy atom. The third-order valence-corrected chi connectivity index (χ3v) is 5.39. The van der Waals surface area contributed by atoms with Crippen molar-refractivity contribution < 1.29 is 4.79 Å². The van der Waals surface area contributed by atoms with Crippen LogP contribution in [0.3, 0.4) is 0 Å². The second-order valence-corrected chi connectivity index (χ2v) is 7.26. The van der Waals surface area contributed by atoms with Gasteiger partial charge in [-0.1, -0.05) is 13.0 Å². The highest BCUT2D eigenvalue weighted by molar-refractivity contribution is 5.83. The van der Waals surface area contributed by atoms with Gasteiger partial charge < -0.3 is 14.8 Å². The number of aromatic nitrogens is 2. The molecule has 1 saturated heterocycles. The van der Waals surface area contributed by atoms with Gasteiger partial charge in [0.2, 0.25) is 5.91 Å². The summed E-state index contributed by atoms with van der Waals surface area (Å²) in [5, 5.41) is 3.14. The summed E-state index contributed by atoms with van der Waals surface area (Å²) in [6, 6.07) is 6.23. The van der Waals surface area contributed by atoms with Crippen LogP contribution in [0.1, 0.15) is 38.1 Å². The predicted octanol–water partition coefficient (Wildman–Crippen LogP) is 2.62.